The van der Waals surface area contributed by atoms with Crippen LogP contribution in [0.15, 0.2) is 54.6 Å². The van der Waals surface area contributed by atoms with E-state index < -0.39 is 6.10 Å². The molecule has 0 heterocycles. The van der Waals surface area contributed by atoms with Crippen molar-refractivity contribution in [3.63, 3.8) is 0 Å². The highest BCUT2D eigenvalue weighted by molar-refractivity contribution is 5.70. The van der Waals surface area contributed by atoms with Crippen LogP contribution < -0.4 is 10.1 Å². The molecule has 1 aliphatic carbocycles. The smallest absolute Gasteiger partial charge is 0.127 e. The van der Waals surface area contributed by atoms with Gasteiger partial charge in [0.15, 0.2) is 0 Å². The molecule has 0 unspecified atom stereocenters. The van der Waals surface area contributed by atoms with Crippen molar-refractivity contribution in [2.45, 2.75) is 37.8 Å². The molecule has 2 N–H and O–H groups in total. The summed E-state index contributed by atoms with van der Waals surface area (Å²) in [6.07, 6.45) is 4.57. The molecule has 0 aromatic heterocycles. The molecule has 23 heavy (non-hydrogen) atoms. The number of aliphatic hydroxyl groups excluding tert-OH is 1. The maximum Gasteiger partial charge on any atom is 0.127 e. The van der Waals surface area contributed by atoms with Crippen molar-refractivity contribution in [3.8, 4) is 16.9 Å². The van der Waals surface area contributed by atoms with Gasteiger partial charge in [0.05, 0.1) is 0 Å². The highest BCUT2D eigenvalue weighted by Gasteiger charge is 2.16. The monoisotopic (exact) mass is 311 g/mol. The Hall–Kier alpha value is -1.84. The van der Waals surface area contributed by atoms with Crippen molar-refractivity contribution >= 4 is 0 Å². The molecule has 0 bridgehead atoms. The molecule has 2 aromatic carbocycles. The summed E-state index contributed by atoms with van der Waals surface area (Å²) in [6.45, 7) is 0.905. The highest BCUT2D eigenvalue weighted by Crippen LogP contribution is 2.29. The molecule has 1 aliphatic rings. The molecule has 0 radical (unpaired) electrons. The zero-order valence-corrected chi connectivity index (χ0v) is 13.4. The average molecular weight is 311 g/mol. The van der Waals surface area contributed by atoms with Crippen molar-refractivity contribution in [2.75, 3.05) is 13.2 Å². The molecule has 0 saturated heterocycles. The lowest BCUT2D eigenvalue weighted by Gasteiger charge is -2.18. The van der Waals surface area contributed by atoms with Gasteiger partial charge in [0.25, 0.3) is 0 Å². The van der Waals surface area contributed by atoms with Gasteiger partial charge >= 0.3 is 0 Å². The molecule has 1 fully saturated rings. The summed E-state index contributed by atoms with van der Waals surface area (Å²) in [7, 11) is 0. The Bertz CT molecular complexity index is 594. The fourth-order valence-electron chi connectivity index (χ4n) is 3.13. The molecular formula is C20H25NO2. The Kier molecular flexibility index (Phi) is 5.67. The number of ether oxygens (including phenoxy) is 1. The SMILES string of the molecule is O[C@H](CNC1CCCC1)COc1ccccc1-c1ccccc1. The van der Waals surface area contributed by atoms with Crippen molar-refractivity contribution in [2.24, 2.45) is 0 Å². The maximum absolute atomic E-state index is 10.1. The van der Waals surface area contributed by atoms with E-state index in [1.807, 2.05) is 42.5 Å². The standard InChI is InChI=1S/C20H25NO2/c22-18(14-21-17-10-4-5-11-17)15-23-20-13-7-6-12-19(20)16-8-2-1-3-9-16/h1-3,6-9,12-13,17-18,21-22H,4-5,10-11,14-15H2/t18-/m1/s1. The number of aliphatic hydroxyl groups is 1. The average Bonchev–Trinajstić information content (AvgIpc) is 3.13. The molecule has 0 spiro atoms. The van der Waals surface area contributed by atoms with Crippen LogP contribution in [-0.4, -0.2) is 30.4 Å². The fourth-order valence-corrected chi connectivity index (χ4v) is 3.13. The van der Waals surface area contributed by atoms with Crippen LogP contribution in [0.1, 0.15) is 25.7 Å². The van der Waals surface area contributed by atoms with Crippen molar-refractivity contribution < 1.29 is 9.84 Å². The van der Waals surface area contributed by atoms with E-state index in [1.165, 1.54) is 25.7 Å². The maximum atomic E-state index is 10.1. The van der Waals surface area contributed by atoms with Crippen LogP contribution in [0, 0.1) is 0 Å². The third kappa shape index (κ3) is 4.57. The molecule has 3 nitrogen and oxygen atoms in total. The molecule has 0 aliphatic heterocycles. The van der Waals surface area contributed by atoms with E-state index in [0.717, 1.165) is 16.9 Å². The van der Waals surface area contributed by atoms with E-state index in [2.05, 4.69) is 17.4 Å². The van der Waals surface area contributed by atoms with Crippen LogP contribution in [0.3, 0.4) is 0 Å². The van der Waals surface area contributed by atoms with Crippen LogP contribution in [0.2, 0.25) is 0 Å². The van der Waals surface area contributed by atoms with E-state index in [0.29, 0.717) is 19.2 Å². The van der Waals surface area contributed by atoms with Crippen molar-refractivity contribution in [1.29, 1.82) is 0 Å². The van der Waals surface area contributed by atoms with Crippen molar-refractivity contribution in [3.05, 3.63) is 54.6 Å². The summed E-state index contributed by atoms with van der Waals surface area (Å²) in [4.78, 5) is 0. The summed E-state index contributed by atoms with van der Waals surface area (Å²) < 4.78 is 5.88. The first-order valence-corrected chi connectivity index (χ1v) is 8.51. The fraction of sp³-hybridized carbons (Fsp3) is 0.400. The zero-order valence-electron chi connectivity index (χ0n) is 13.4. The molecule has 3 rings (SSSR count). The quantitative estimate of drug-likeness (QED) is 0.820. The topological polar surface area (TPSA) is 41.5 Å². The minimum Gasteiger partial charge on any atom is -0.490 e. The number of rotatable bonds is 7. The second-order valence-electron chi connectivity index (χ2n) is 6.22. The Morgan fingerprint density at radius 3 is 2.48 bits per heavy atom. The van der Waals surface area contributed by atoms with Gasteiger partial charge in [0, 0.05) is 18.2 Å². The van der Waals surface area contributed by atoms with Gasteiger partial charge < -0.3 is 15.2 Å². The molecule has 1 saturated carbocycles. The normalized spacial score (nSPS) is 16.4. The van der Waals surface area contributed by atoms with Gasteiger partial charge in [0.1, 0.15) is 18.5 Å². The number of para-hydroxylation sites is 1. The largest absolute Gasteiger partial charge is 0.490 e. The van der Waals surface area contributed by atoms with E-state index in [4.69, 9.17) is 4.74 Å². The predicted molar refractivity (Wildman–Crippen MR) is 93.6 cm³/mol. The molecule has 0 amide bonds. The second kappa shape index (κ2) is 8.14. The molecule has 1 atom stereocenters. The second-order valence-corrected chi connectivity index (χ2v) is 6.22. The van der Waals surface area contributed by atoms with Gasteiger partial charge in [-0.3, -0.25) is 0 Å². The van der Waals surface area contributed by atoms with Crippen LogP contribution in [-0.2, 0) is 0 Å². The lowest BCUT2D eigenvalue weighted by atomic mass is 10.1. The minimum atomic E-state index is -0.487. The first-order valence-electron chi connectivity index (χ1n) is 8.51. The summed E-state index contributed by atoms with van der Waals surface area (Å²) in [5.41, 5.74) is 2.19. The van der Waals surface area contributed by atoms with Crippen LogP contribution >= 0.6 is 0 Å². The molecule has 122 valence electrons. The van der Waals surface area contributed by atoms with E-state index in [-0.39, 0.29) is 0 Å². The van der Waals surface area contributed by atoms with Gasteiger partial charge in [-0.1, -0.05) is 61.4 Å². The number of hydrogen-bond donors (Lipinski definition) is 2. The van der Waals surface area contributed by atoms with Gasteiger partial charge in [-0.25, -0.2) is 0 Å². The Morgan fingerprint density at radius 1 is 1.00 bits per heavy atom. The minimum absolute atomic E-state index is 0.309. The van der Waals surface area contributed by atoms with Crippen LogP contribution in [0.5, 0.6) is 5.75 Å². The highest BCUT2D eigenvalue weighted by atomic mass is 16.5. The third-order valence-corrected chi connectivity index (χ3v) is 4.40. The van der Waals surface area contributed by atoms with E-state index in [1.54, 1.807) is 0 Å². The summed E-state index contributed by atoms with van der Waals surface area (Å²) >= 11 is 0. The van der Waals surface area contributed by atoms with Gasteiger partial charge in [0.2, 0.25) is 0 Å². The van der Waals surface area contributed by atoms with E-state index >= 15 is 0 Å². The number of nitrogens with one attached hydrogen (secondary N) is 1. The lowest BCUT2D eigenvalue weighted by Crippen LogP contribution is -2.36. The van der Waals surface area contributed by atoms with Gasteiger partial charge in [-0.2, -0.15) is 0 Å². The third-order valence-electron chi connectivity index (χ3n) is 4.40. The van der Waals surface area contributed by atoms with Crippen LogP contribution in [0.4, 0.5) is 0 Å². The molecule has 3 heteroatoms. The van der Waals surface area contributed by atoms with E-state index in [9.17, 15) is 5.11 Å². The first-order chi connectivity index (χ1) is 11.3. The van der Waals surface area contributed by atoms with Crippen LogP contribution in [0.25, 0.3) is 11.1 Å². The molecular weight excluding hydrogens is 286 g/mol. The first kappa shape index (κ1) is 16.0. The lowest BCUT2D eigenvalue weighted by molar-refractivity contribution is 0.104. The molecule has 2 aromatic rings. The summed E-state index contributed by atoms with van der Waals surface area (Å²) in [5, 5.41) is 13.6. The Morgan fingerprint density at radius 2 is 1.70 bits per heavy atom. The Labute approximate surface area is 138 Å². The zero-order chi connectivity index (χ0) is 15.9. The summed E-state index contributed by atoms with van der Waals surface area (Å²) in [6, 6.07) is 18.7. The van der Waals surface area contributed by atoms with Gasteiger partial charge in [-0.15, -0.1) is 0 Å². The number of hydrogen-bond acceptors (Lipinski definition) is 3. The summed E-state index contributed by atoms with van der Waals surface area (Å²) in [5.74, 6) is 0.818. The Balaban J connectivity index is 1.55. The van der Waals surface area contributed by atoms with Gasteiger partial charge in [-0.05, 0) is 24.5 Å². The van der Waals surface area contributed by atoms with Crippen molar-refractivity contribution in [1.82, 2.24) is 5.32 Å². The predicted octanol–water partition coefficient (Wildman–Crippen LogP) is 3.63. The number of benzene rings is 2.